The van der Waals surface area contributed by atoms with Crippen LogP contribution in [0.4, 0.5) is 24.5 Å². The lowest BCUT2D eigenvalue weighted by molar-refractivity contribution is -0.385. The molecule has 0 spiro atoms. The van der Waals surface area contributed by atoms with E-state index in [9.17, 15) is 23.3 Å². The van der Waals surface area contributed by atoms with Crippen LogP contribution in [0.25, 0.3) is 0 Å². The number of halogens is 5. The average molecular weight is 514 g/mol. The second kappa shape index (κ2) is 9.07. The van der Waals surface area contributed by atoms with Crippen LogP contribution in [-0.4, -0.2) is 11.1 Å². The zero-order chi connectivity index (χ0) is 22.8. The maximum absolute atomic E-state index is 12.9. The van der Waals surface area contributed by atoms with Gasteiger partial charge in [-0.25, -0.2) is 0 Å². The molecule has 0 radical (unpaired) electrons. The predicted octanol–water partition coefficient (Wildman–Crippen LogP) is 7.88. The van der Waals surface area contributed by atoms with Crippen molar-refractivity contribution in [3.8, 4) is 11.5 Å². The van der Waals surface area contributed by atoms with Gasteiger partial charge >= 0.3 is 11.9 Å². The van der Waals surface area contributed by atoms with Crippen molar-refractivity contribution in [3.63, 3.8) is 0 Å². The fourth-order valence-corrected chi connectivity index (χ4v) is 3.16. The number of hydrogen-bond acceptors (Lipinski definition) is 4. The molecule has 0 atom stereocenters. The Labute approximate surface area is 188 Å². The molecule has 3 rings (SSSR count). The highest BCUT2D eigenvalue weighted by atomic mass is 79.9. The molecular weight excluding hydrogens is 501 g/mol. The smallest absolute Gasteiger partial charge is 0.416 e. The Morgan fingerprint density at radius 3 is 2.48 bits per heavy atom. The van der Waals surface area contributed by atoms with Gasteiger partial charge in [0.1, 0.15) is 5.75 Å². The summed E-state index contributed by atoms with van der Waals surface area (Å²) in [6.07, 6.45) is -3.23. The summed E-state index contributed by atoms with van der Waals surface area (Å²) < 4.78 is 45.1. The Bertz CT molecular complexity index is 1180. The monoisotopic (exact) mass is 512 g/mol. The molecule has 0 aliphatic carbocycles. The highest BCUT2D eigenvalue weighted by Crippen LogP contribution is 2.38. The van der Waals surface area contributed by atoms with Gasteiger partial charge in [0.2, 0.25) is 5.75 Å². The molecule has 0 aromatic heterocycles. The van der Waals surface area contributed by atoms with Crippen LogP contribution in [0.2, 0.25) is 5.02 Å². The number of nitro groups is 1. The third-order valence-corrected chi connectivity index (χ3v) is 4.92. The summed E-state index contributed by atoms with van der Waals surface area (Å²) in [5, 5.41) is 11.8. The van der Waals surface area contributed by atoms with E-state index in [4.69, 9.17) is 16.3 Å². The van der Waals surface area contributed by atoms with Crippen LogP contribution in [0.5, 0.6) is 11.5 Å². The van der Waals surface area contributed by atoms with Gasteiger partial charge in [-0.2, -0.15) is 13.2 Å². The van der Waals surface area contributed by atoms with E-state index in [1.807, 2.05) is 6.92 Å². The van der Waals surface area contributed by atoms with Crippen molar-refractivity contribution in [2.75, 3.05) is 0 Å². The van der Waals surface area contributed by atoms with Gasteiger partial charge in [-0.3, -0.25) is 15.1 Å². The number of aliphatic imine (C=N–C) groups is 1. The minimum Gasteiger partial charge on any atom is -0.449 e. The molecule has 0 aliphatic heterocycles. The van der Waals surface area contributed by atoms with E-state index in [0.717, 1.165) is 17.7 Å². The Morgan fingerprint density at radius 1 is 1.10 bits per heavy atom. The summed E-state index contributed by atoms with van der Waals surface area (Å²) in [6, 6.07) is 12.1. The van der Waals surface area contributed by atoms with Crippen LogP contribution in [0.15, 0.2) is 64.1 Å². The molecule has 0 saturated carbocycles. The fourth-order valence-electron chi connectivity index (χ4n) is 2.62. The maximum atomic E-state index is 12.9. The third kappa shape index (κ3) is 5.62. The average Bonchev–Trinajstić information content (AvgIpc) is 2.69. The van der Waals surface area contributed by atoms with E-state index >= 15 is 0 Å². The first-order valence-corrected chi connectivity index (χ1v) is 9.85. The topological polar surface area (TPSA) is 64.7 Å². The number of rotatable bonds is 5. The first-order chi connectivity index (χ1) is 14.5. The Hall–Kier alpha value is -2.91. The lowest BCUT2D eigenvalue weighted by Crippen LogP contribution is -2.06. The van der Waals surface area contributed by atoms with E-state index in [1.54, 1.807) is 30.3 Å². The first-order valence-electron chi connectivity index (χ1n) is 8.68. The standard InChI is InChI=1S/C21H13BrClF3N2O3/c1-12-2-5-16(23)10-17(12)27-11-13-8-15(22)4-7-19(13)31-20-6-3-14(21(24,25)26)9-18(20)28(29)30/h2-11H,1H3. The van der Waals surface area contributed by atoms with E-state index in [2.05, 4.69) is 20.9 Å². The van der Waals surface area contributed by atoms with Crippen LogP contribution >= 0.6 is 27.5 Å². The van der Waals surface area contributed by atoms with Crippen LogP contribution in [0.3, 0.4) is 0 Å². The summed E-state index contributed by atoms with van der Waals surface area (Å²) in [6.45, 7) is 1.85. The molecule has 5 nitrogen and oxygen atoms in total. The zero-order valence-electron chi connectivity index (χ0n) is 15.8. The Balaban J connectivity index is 2.01. The fraction of sp³-hybridized carbons (Fsp3) is 0.0952. The maximum Gasteiger partial charge on any atom is 0.416 e. The van der Waals surface area contributed by atoms with Crippen LogP contribution < -0.4 is 4.74 Å². The normalized spacial score (nSPS) is 11.7. The molecule has 3 aromatic rings. The molecule has 0 amide bonds. The predicted molar refractivity (Wildman–Crippen MR) is 116 cm³/mol. The Kier molecular flexibility index (Phi) is 6.66. The van der Waals surface area contributed by atoms with Crippen molar-refractivity contribution in [1.29, 1.82) is 0 Å². The summed E-state index contributed by atoms with van der Waals surface area (Å²) in [5.74, 6) is -0.150. The molecule has 0 bridgehead atoms. The van der Waals surface area contributed by atoms with Crippen LogP contribution in [0.1, 0.15) is 16.7 Å². The highest BCUT2D eigenvalue weighted by molar-refractivity contribution is 9.10. The van der Waals surface area contributed by atoms with Crippen molar-refractivity contribution in [2.45, 2.75) is 13.1 Å². The van der Waals surface area contributed by atoms with Crippen molar-refractivity contribution < 1.29 is 22.8 Å². The van der Waals surface area contributed by atoms with Crippen molar-refractivity contribution in [1.82, 2.24) is 0 Å². The summed E-state index contributed by atoms with van der Waals surface area (Å²) in [5.41, 5.74) is -0.00901. The number of hydrogen-bond donors (Lipinski definition) is 0. The lowest BCUT2D eigenvalue weighted by Gasteiger charge is -2.12. The molecule has 0 saturated heterocycles. The van der Waals surface area contributed by atoms with Gasteiger partial charge in [0, 0.05) is 27.3 Å². The molecule has 10 heteroatoms. The molecule has 160 valence electrons. The number of nitrogens with zero attached hydrogens (tertiary/aromatic N) is 2. The van der Waals surface area contributed by atoms with Gasteiger partial charge in [-0.05, 0) is 55.0 Å². The van der Waals surface area contributed by atoms with Gasteiger partial charge in [-0.1, -0.05) is 33.6 Å². The SMILES string of the molecule is Cc1ccc(Cl)cc1N=Cc1cc(Br)ccc1Oc1ccc(C(F)(F)F)cc1[N+](=O)[O-]. The molecule has 31 heavy (non-hydrogen) atoms. The van der Waals surface area contributed by atoms with Gasteiger partial charge in [0.15, 0.2) is 0 Å². The minimum absolute atomic E-state index is 0.175. The van der Waals surface area contributed by atoms with Crippen molar-refractivity contribution >= 4 is 45.1 Å². The third-order valence-electron chi connectivity index (χ3n) is 4.19. The van der Waals surface area contributed by atoms with Gasteiger partial charge in [0.05, 0.1) is 16.2 Å². The summed E-state index contributed by atoms with van der Waals surface area (Å²) in [7, 11) is 0. The van der Waals surface area contributed by atoms with Gasteiger partial charge in [-0.15, -0.1) is 0 Å². The number of nitro benzene ring substituents is 1. The number of benzene rings is 3. The molecular formula is C21H13BrClF3N2O3. The summed E-state index contributed by atoms with van der Waals surface area (Å²) in [4.78, 5) is 14.8. The highest BCUT2D eigenvalue weighted by Gasteiger charge is 2.33. The molecule has 3 aromatic carbocycles. The minimum atomic E-state index is -4.71. The van der Waals surface area contributed by atoms with Crippen molar-refractivity contribution in [3.05, 3.63) is 90.9 Å². The number of ether oxygens (including phenoxy) is 1. The molecule has 0 fully saturated rings. The molecule has 0 unspecified atom stereocenters. The zero-order valence-corrected chi connectivity index (χ0v) is 18.1. The quantitative estimate of drug-likeness (QED) is 0.198. The van der Waals surface area contributed by atoms with Crippen LogP contribution in [-0.2, 0) is 6.18 Å². The molecule has 0 N–H and O–H groups in total. The lowest BCUT2D eigenvalue weighted by atomic mass is 10.1. The van der Waals surface area contributed by atoms with Gasteiger partial charge in [0.25, 0.3) is 0 Å². The van der Waals surface area contributed by atoms with E-state index in [1.165, 1.54) is 12.3 Å². The van der Waals surface area contributed by atoms with E-state index < -0.39 is 22.4 Å². The second-order valence-corrected chi connectivity index (χ2v) is 7.76. The Morgan fingerprint density at radius 2 is 1.81 bits per heavy atom. The van der Waals surface area contributed by atoms with E-state index in [-0.39, 0.29) is 11.5 Å². The second-order valence-electron chi connectivity index (χ2n) is 6.41. The largest absolute Gasteiger partial charge is 0.449 e. The number of aryl methyl sites for hydroxylation is 1. The number of alkyl halides is 3. The molecule has 0 heterocycles. The van der Waals surface area contributed by atoms with Crippen LogP contribution in [0, 0.1) is 17.0 Å². The molecule has 0 aliphatic rings. The van der Waals surface area contributed by atoms with E-state index in [0.29, 0.717) is 26.8 Å². The summed E-state index contributed by atoms with van der Waals surface area (Å²) >= 11 is 9.34. The van der Waals surface area contributed by atoms with Crippen molar-refractivity contribution in [2.24, 2.45) is 4.99 Å². The van der Waals surface area contributed by atoms with Gasteiger partial charge < -0.3 is 4.74 Å². The first kappa shape index (κ1) is 22.8.